The summed E-state index contributed by atoms with van der Waals surface area (Å²) in [6, 6.07) is 7.15. The van der Waals surface area contributed by atoms with Crippen molar-refractivity contribution in [3.63, 3.8) is 0 Å². The van der Waals surface area contributed by atoms with Gasteiger partial charge in [0.2, 0.25) is 5.91 Å². The van der Waals surface area contributed by atoms with Crippen LogP contribution in [0.2, 0.25) is 0 Å². The van der Waals surface area contributed by atoms with Crippen LogP contribution < -0.4 is 10.6 Å². The largest absolute Gasteiger partial charge is 0.465 e. The average Bonchev–Trinajstić information content (AvgIpc) is 2.51. The number of ether oxygens (including phenoxy) is 2. The highest BCUT2D eigenvalue weighted by atomic mass is 16.5. The van der Waals surface area contributed by atoms with Crippen molar-refractivity contribution >= 4 is 11.9 Å². The number of hydrogen-bond donors (Lipinski definition) is 2. The summed E-state index contributed by atoms with van der Waals surface area (Å²) in [6.45, 7) is 2.08. The van der Waals surface area contributed by atoms with Crippen molar-refractivity contribution in [3.8, 4) is 0 Å². The maximum absolute atomic E-state index is 11.5. The molecule has 0 aliphatic carbocycles. The lowest BCUT2D eigenvalue weighted by molar-refractivity contribution is -0.120. The number of amides is 1. The monoisotopic (exact) mass is 294 g/mol. The molecule has 1 amide bonds. The van der Waals surface area contributed by atoms with Gasteiger partial charge >= 0.3 is 5.97 Å². The van der Waals surface area contributed by atoms with Crippen LogP contribution >= 0.6 is 0 Å². The maximum Gasteiger partial charge on any atom is 0.337 e. The minimum Gasteiger partial charge on any atom is -0.465 e. The van der Waals surface area contributed by atoms with Crippen molar-refractivity contribution in [3.05, 3.63) is 35.4 Å². The molecule has 0 saturated carbocycles. The molecule has 0 aliphatic rings. The third kappa shape index (κ3) is 6.87. The average molecular weight is 294 g/mol. The van der Waals surface area contributed by atoms with Gasteiger partial charge in [0.1, 0.15) is 0 Å². The van der Waals surface area contributed by atoms with Crippen LogP contribution in [0.5, 0.6) is 0 Å². The number of benzene rings is 1. The fourth-order valence-corrected chi connectivity index (χ4v) is 1.71. The molecular weight excluding hydrogens is 272 g/mol. The molecule has 0 saturated heterocycles. The van der Waals surface area contributed by atoms with Crippen LogP contribution in [0.3, 0.4) is 0 Å². The second-order valence-corrected chi connectivity index (χ2v) is 4.46. The number of methoxy groups -OCH3 is 2. The molecule has 0 unspecified atom stereocenters. The zero-order chi connectivity index (χ0) is 15.5. The highest BCUT2D eigenvalue weighted by Gasteiger charge is 2.04. The van der Waals surface area contributed by atoms with E-state index in [2.05, 4.69) is 15.4 Å². The quantitative estimate of drug-likeness (QED) is 0.508. The van der Waals surface area contributed by atoms with E-state index < -0.39 is 0 Å². The van der Waals surface area contributed by atoms with Crippen LogP contribution in [0.15, 0.2) is 24.3 Å². The molecule has 1 aromatic carbocycles. The smallest absolute Gasteiger partial charge is 0.337 e. The molecule has 1 aromatic rings. The number of hydrogen-bond acceptors (Lipinski definition) is 5. The van der Waals surface area contributed by atoms with Gasteiger partial charge in [0, 0.05) is 20.2 Å². The summed E-state index contributed by atoms with van der Waals surface area (Å²) in [4.78, 5) is 22.8. The standard InChI is InChI=1S/C15H22N2O4/c1-20-10-9-16-11-14(18)17-8-7-12-3-5-13(6-4-12)15(19)21-2/h3-6,16H,7-11H2,1-2H3,(H,17,18). The molecule has 0 fully saturated rings. The number of esters is 1. The summed E-state index contributed by atoms with van der Waals surface area (Å²) in [5.41, 5.74) is 1.57. The van der Waals surface area contributed by atoms with Crippen LogP contribution in [0.25, 0.3) is 0 Å². The Morgan fingerprint density at radius 2 is 1.81 bits per heavy atom. The predicted molar refractivity (Wildman–Crippen MR) is 79.2 cm³/mol. The molecule has 116 valence electrons. The van der Waals surface area contributed by atoms with Gasteiger partial charge in [0.25, 0.3) is 0 Å². The van der Waals surface area contributed by atoms with Crippen LogP contribution in [0.4, 0.5) is 0 Å². The third-order valence-electron chi connectivity index (χ3n) is 2.88. The van der Waals surface area contributed by atoms with E-state index in [0.29, 0.717) is 31.7 Å². The first-order valence-corrected chi connectivity index (χ1v) is 6.81. The van der Waals surface area contributed by atoms with E-state index in [-0.39, 0.29) is 18.4 Å². The number of carbonyl (C=O) groups is 2. The summed E-state index contributed by atoms with van der Waals surface area (Å²) < 4.78 is 9.50. The number of rotatable bonds is 9. The van der Waals surface area contributed by atoms with E-state index >= 15 is 0 Å². The summed E-state index contributed by atoms with van der Waals surface area (Å²) in [5, 5.41) is 5.80. The lowest BCUT2D eigenvalue weighted by Crippen LogP contribution is -2.36. The van der Waals surface area contributed by atoms with Gasteiger partial charge in [-0.25, -0.2) is 4.79 Å². The fraction of sp³-hybridized carbons (Fsp3) is 0.467. The Labute approximate surface area is 124 Å². The predicted octanol–water partition coefficient (Wildman–Crippen LogP) is 0.368. The van der Waals surface area contributed by atoms with E-state index in [9.17, 15) is 9.59 Å². The Kier molecular flexibility index (Phi) is 8.08. The Morgan fingerprint density at radius 3 is 2.43 bits per heavy atom. The first kappa shape index (κ1) is 17.1. The Morgan fingerprint density at radius 1 is 1.10 bits per heavy atom. The Hall–Kier alpha value is -1.92. The molecule has 1 rings (SSSR count). The minimum absolute atomic E-state index is 0.0442. The molecule has 0 radical (unpaired) electrons. The summed E-state index contributed by atoms with van der Waals surface area (Å²) in [6.07, 6.45) is 0.714. The lowest BCUT2D eigenvalue weighted by Gasteiger charge is -2.07. The van der Waals surface area contributed by atoms with Crippen LogP contribution in [0.1, 0.15) is 15.9 Å². The second kappa shape index (κ2) is 9.90. The summed E-state index contributed by atoms with van der Waals surface area (Å²) >= 11 is 0. The van der Waals surface area contributed by atoms with Gasteiger partial charge in [0.05, 0.1) is 25.8 Å². The van der Waals surface area contributed by atoms with Gasteiger partial charge in [-0.2, -0.15) is 0 Å². The molecule has 0 atom stereocenters. The normalized spacial score (nSPS) is 10.2. The van der Waals surface area contributed by atoms with Crippen molar-refractivity contribution < 1.29 is 19.1 Å². The second-order valence-electron chi connectivity index (χ2n) is 4.46. The van der Waals surface area contributed by atoms with Crippen molar-refractivity contribution in [1.82, 2.24) is 10.6 Å². The zero-order valence-electron chi connectivity index (χ0n) is 12.5. The Bertz CT molecular complexity index is 445. The summed E-state index contributed by atoms with van der Waals surface area (Å²) in [5.74, 6) is -0.394. The molecule has 0 aromatic heterocycles. The molecule has 2 N–H and O–H groups in total. The highest BCUT2D eigenvalue weighted by Crippen LogP contribution is 2.05. The molecule has 0 bridgehead atoms. The third-order valence-corrected chi connectivity index (χ3v) is 2.88. The van der Waals surface area contributed by atoms with E-state index in [0.717, 1.165) is 5.56 Å². The minimum atomic E-state index is -0.350. The Balaban J connectivity index is 2.23. The lowest BCUT2D eigenvalue weighted by atomic mass is 10.1. The van der Waals surface area contributed by atoms with Crippen LogP contribution in [0, 0.1) is 0 Å². The van der Waals surface area contributed by atoms with Crippen LogP contribution in [-0.2, 0) is 20.7 Å². The maximum atomic E-state index is 11.5. The van der Waals surface area contributed by atoms with Gasteiger partial charge in [-0.05, 0) is 24.1 Å². The van der Waals surface area contributed by atoms with Crippen molar-refractivity contribution in [2.24, 2.45) is 0 Å². The van der Waals surface area contributed by atoms with Crippen LogP contribution in [-0.4, -0.2) is 52.3 Å². The highest BCUT2D eigenvalue weighted by molar-refractivity contribution is 5.89. The molecule has 0 spiro atoms. The molecular formula is C15H22N2O4. The fourth-order valence-electron chi connectivity index (χ4n) is 1.71. The van der Waals surface area contributed by atoms with Crippen molar-refractivity contribution in [2.45, 2.75) is 6.42 Å². The zero-order valence-corrected chi connectivity index (χ0v) is 12.5. The SMILES string of the molecule is COCCNCC(=O)NCCc1ccc(C(=O)OC)cc1. The molecule has 6 heteroatoms. The molecule has 0 heterocycles. The van der Waals surface area contributed by atoms with E-state index in [1.165, 1.54) is 7.11 Å². The topological polar surface area (TPSA) is 76.7 Å². The van der Waals surface area contributed by atoms with Crippen molar-refractivity contribution in [2.75, 3.05) is 40.5 Å². The first-order valence-electron chi connectivity index (χ1n) is 6.81. The van der Waals surface area contributed by atoms with E-state index in [4.69, 9.17) is 4.74 Å². The van der Waals surface area contributed by atoms with Gasteiger partial charge in [-0.15, -0.1) is 0 Å². The van der Waals surface area contributed by atoms with Gasteiger partial charge in [-0.3, -0.25) is 4.79 Å². The van der Waals surface area contributed by atoms with E-state index in [1.807, 2.05) is 12.1 Å². The van der Waals surface area contributed by atoms with Gasteiger partial charge in [0.15, 0.2) is 0 Å². The molecule has 21 heavy (non-hydrogen) atoms. The van der Waals surface area contributed by atoms with E-state index in [1.54, 1.807) is 19.2 Å². The molecule has 0 aliphatic heterocycles. The van der Waals surface area contributed by atoms with Gasteiger partial charge in [-0.1, -0.05) is 12.1 Å². The summed E-state index contributed by atoms with van der Waals surface area (Å²) in [7, 11) is 2.97. The van der Waals surface area contributed by atoms with Crippen molar-refractivity contribution in [1.29, 1.82) is 0 Å². The van der Waals surface area contributed by atoms with Gasteiger partial charge < -0.3 is 20.1 Å². The molecule has 6 nitrogen and oxygen atoms in total. The first-order chi connectivity index (χ1) is 10.2. The number of carbonyl (C=O) groups excluding carboxylic acids is 2. The number of nitrogens with one attached hydrogen (secondary N) is 2.